The van der Waals surface area contributed by atoms with Crippen molar-refractivity contribution in [3.63, 3.8) is 0 Å². The van der Waals surface area contributed by atoms with Crippen LogP contribution in [-0.2, 0) is 13.0 Å². The molecule has 0 amide bonds. The molecule has 0 bridgehead atoms. The highest BCUT2D eigenvalue weighted by Crippen LogP contribution is 2.22. The Hall–Kier alpha value is -1.83. The quantitative estimate of drug-likeness (QED) is 0.866. The van der Waals surface area contributed by atoms with Gasteiger partial charge in [0.25, 0.3) is 0 Å². The summed E-state index contributed by atoms with van der Waals surface area (Å²) < 4.78 is 19.1. The number of benzene rings is 1. The van der Waals surface area contributed by atoms with Crippen molar-refractivity contribution < 1.29 is 14.0 Å². The van der Waals surface area contributed by atoms with E-state index in [0.29, 0.717) is 36.3 Å². The van der Waals surface area contributed by atoms with Gasteiger partial charge in [-0.2, -0.15) is 4.98 Å². The second kappa shape index (κ2) is 8.46. The van der Waals surface area contributed by atoms with Crippen LogP contribution < -0.4 is 0 Å². The zero-order valence-corrected chi connectivity index (χ0v) is 15.6. The van der Waals surface area contributed by atoms with Gasteiger partial charge in [0, 0.05) is 32.1 Å². The third-order valence-electron chi connectivity index (χ3n) is 5.68. The molecular formula is C20H27FN4O2. The SMILES string of the molecule is OC1CCCN(C2CCN(Cc3nc(Cc4ccccc4F)no3)CC2)C1. The van der Waals surface area contributed by atoms with Crippen molar-refractivity contribution in [2.45, 2.75) is 50.8 Å². The molecule has 2 aliphatic heterocycles. The zero-order chi connectivity index (χ0) is 18.6. The Morgan fingerprint density at radius 2 is 1.96 bits per heavy atom. The molecule has 1 aromatic heterocycles. The lowest BCUT2D eigenvalue weighted by Gasteiger charge is -2.41. The van der Waals surface area contributed by atoms with Crippen LogP contribution in [0.25, 0.3) is 0 Å². The van der Waals surface area contributed by atoms with Gasteiger partial charge in [0.2, 0.25) is 5.89 Å². The van der Waals surface area contributed by atoms with Crippen molar-refractivity contribution in [3.05, 3.63) is 47.4 Å². The van der Waals surface area contributed by atoms with Crippen molar-refractivity contribution in [2.75, 3.05) is 26.2 Å². The Kier molecular flexibility index (Phi) is 5.80. The largest absolute Gasteiger partial charge is 0.392 e. The predicted octanol–water partition coefficient (Wildman–Crippen LogP) is 2.22. The van der Waals surface area contributed by atoms with Crippen LogP contribution in [0.2, 0.25) is 0 Å². The molecule has 0 radical (unpaired) electrons. The molecule has 2 saturated heterocycles. The van der Waals surface area contributed by atoms with Crippen LogP contribution in [0.4, 0.5) is 4.39 Å². The Bertz CT molecular complexity index is 745. The first-order valence-electron chi connectivity index (χ1n) is 9.87. The zero-order valence-electron chi connectivity index (χ0n) is 15.6. The summed E-state index contributed by atoms with van der Waals surface area (Å²) in [6.07, 6.45) is 4.40. The third-order valence-corrected chi connectivity index (χ3v) is 5.68. The maximum atomic E-state index is 13.8. The van der Waals surface area contributed by atoms with Crippen LogP contribution in [0.5, 0.6) is 0 Å². The number of aromatic nitrogens is 2. The van der Waals surface area contributed by atoms with Crippen molar-refractivity contribution in [1.29, 1.82) is 0 Å². The summed E-state index contributed by atoms with van der Waals surface area (Å²) in [5, 5.41) is 13.9. The standard InChI is InChI=1S/C20H27FN4O2/c21-18-6-2-1-4-15(18)12-19-22-20(27-23-19)14-24-10-7-16(8-11-24)25-9-3-5-17(26)13-25/h1-2,4,6,16-17,26H,3,5,7-14H2. The summed E-state index contributed by atoms with van der Waals surface area (Å²) in [7, 11) is 0. The first kappa shape index (κ1) is 18.5. The number of hydrogen-bond acceptors (Lipinski definition) is 6. The molecule has 0 aliphatic carbocycles. The van der Waals surface area contributed by atoms with E-state index < -0.39 is 0 Å². The van der Waals surface area contributed by atoms with Gasteiger partial charge < -0.3 is 9.63 Å². The first-order valence-corrected chi connectivity index (χ1v) is 9.87. The third kappa shape index (κ3) is 4.72. The highest BCUT2D eigenvalue weighted by molar-refractivity contribution is 5.20. The van der Waals surface area contributed by atoms with Crippen LogP contribution in [0.1, 0.15) is 43.0 Å². The lowest BCUT2D eigenvalue weighted by Crippen LogP contribution is -2.49. The van der Waals surface area contributed by atoms with Crippen LogP contribution in [-0.4, -0.2) is 63.4 Å². The average Bonchev–Trinajstić information content (AvgIpc) is 3.11. The number of nitrogens with zero attached hydrogens (tertiary/aromatic N) is 4. The Balaban J connectivity index is 1.27. The van der Waals surface area contributed by atoms with Crippen molar-refractivity contribution in [3.8, 4) is 0 Å². The van der Waals surface area contributed by atoms with E-state index >= 15 is 0 Å². The van der Waals surface area contributed by atoms with Crippen molar-refractivity contribution in [1.82, 2.24) is 19.9 Å². The molecule has 1 atom stereocenters. The van der Waals surface area contributed by atoms with Gasteiger partial charge in [-0.1, -0.05) is 23.4 Å². The van der Waals surface area contributed by atoms with Crippen LogP contribution in [0.3, 0.4) is 0 Å². The molecule has 2 aliphatic rings. The summed E-state index contributed by atoms with van der Waals surface area (Å²) in [5.41, 5.74) is 0.578. The molecule has 0 saturated carbocycles. The molecule has 2 aromatic rings. The molecule has 1 aromatic carbocycles. The maximum absolute atomic E-state index is 13.8. The molecule has 7 heteroatoms. The van der Waals surface area contributed by atoms with E-state index in [4.69, 9.17) is 4.52 Å². The molecule has 146 valence electrons. The maximum Gasteiger partial charge on any atom is 0.240 e. The molecule has 0 spiro atoms. The summed E-state index contributed by atoms with van der Waals surface area (Å²) >= 11 is 0. The predicted molar refractivity (Wildman–Crippen MR) is 98.6 cm³/mol. The van der Waals surface area contributed by atoms with E-state index in [1.807, 2.05) is 6.07 Å². The Morgan fingerprint density at radius 1 is 1.15 bits per heavy atom. The Labute approximate surface area is 159 Å². The summed E-state index contributed by atoms with van der Waals surface area (Å²) in [4.78, 5) is 9.21. The van der Waals surface area contributed by atoms with Crippen LogP contribution >= 0.6 is 0 Å². The molecule has 3 heterocycles. The van der Waals surface area contributed by atoms with Crippen LogP contribution in [0.15, 0.2) is 28.8 Å². The summed E-state index contributed by atoms with van der Waals surface area (Å²) in [6, 6.07) is 7.24. The minimum absolute atomic E-state index is 0.164. The average molecular weight is 374 g/mol. The normalized spacial score (nSPS) is 23.0. The van der Waals surface area contributed by atoms with Gasteiger partial charge in [-0.15, -0.1) is 0 Å². The number of hydrogen-bond donors (Lipinski definition) is 1. The van der Waals surface area contributed by atoms with Gasteiger partial charge >= 0.3 is 0 Å². The molecular weight excluding hydrogens is 347 g/mol. The Morgan fingerprint density at radius 3 is 2.74 bits per heavy atom. The number of β-amino-alcohol motifs (C(OH)–C–C–N with tert-alkyl or cyclic N) is 1. The molecule has 1 N–H and O–H groups in total. The fourth-order valence-corrected chi connectivity index (χ4v) is 4.19. The molecule has 2 fully saturated rings. The molecule has 27 heavy (non-hydrogen) atoms. The lowest BCUT2D eigenvalue weighted by molar-refractivity contribution is 0.0231. The minimum Gasteiger partial charge on any atom is -0.392 e. The van der Waals surface area contributed by atoms with Gasteiger partial charge in [-0.25, -0.2) is 4.39 Å². The smallest absolute Gasteiger partial charge is 0.240 e. The van der Waals surface area contributed by atoms with Gasteiger partial charge in [0.1, 0.15) is 5.82 Å². The topological polar surface area (TPSA) is 65.6 Å². The van der Waals surface area contributed by atoms with E-state index in [9.17, 15) is 9.50 Å². The van der Waals surface area contributed by atoms with Gasteiger partial charge in [-0.05, 0) is 43.9 Å². The van der Waals surface area contributed by atoms with Gasteiger partial charge in [-0.3, -0.25) is 9.80 Å². The number of piperidine rings is 2. The van der Waals surface area contributed by atoms with Gasteiger partial charge in [0.15, 0.2) is 5.82 Å². The van der Waals surface area contributed by atoms with E-state index in [2.05, 4.69) is 19.9 Å². The summed E-state index contributed by atoms with van der Waals surface area (Å²) in [5.74, 6) is 0.870. The molecule has 4 rings (SSSR count). The molecule has 1 unspecified atom stereocenters. The second-order valence-electron chi connectivity index (χ2n) is 7.67. The fraction of sp³-hybridized carbons (Fsp3) is 0.600. The van der Waals surface area contributed by atoms with E-state index in [1.54, 1.807) is 12.1 Å². The van der Waals surface area contributed by atoms with Crippen LogP contribution in [0, 0.1) is 5.82 Å². The number of aliphatic hydroxyl groups is 1. The number of aliphatic hydroxyl groups excluding tert-OH is 1. The highest BCUT2D eigenvalue weighted by atomic mass is 19.1. The van der Waals surface area contributed by atoms with E-state index in [-0.39, 0.29) is 11.9 Å². The van der Waals surface area contributed by atoms with E-state index in [1.165, 1.54) is 6.07 Å². The first-order chi connectivity index (χ1) is 13.2. The van der Waals surface area contributed by atoms with Crippen molar-refractivity contribution in [2.24, 2.45) is 0 Å². The number of likely N-dealkylation sites (tertiary alicyclic amines) is 2. The molecule has 6 nitrogen and oxygen atoms in total. The van der Waals surface area contributed by atoms with Crippen molar-refractivity contribution >= 4 is 0 Å². The fourth-order valence-electron chi connectivity index (χ4n) is 4.19. The number of rotatable bonds is 5. The lowest BCUT2D eigenvalue weighted by atomic mass is 9.99. The van der Waals surface area contributed by atoms with E-state index in [0.717, 1.165) is 51.9 Å². The second-order valence-corrected chi connectivity index (χ2v) is 7.67. The highest BCUT2D eigenvalue weighted by Gasteiger charge is 2.28. The number of halogens is 1. The summed E-state index contributed by atoms with van der Waals surface area (Å²) in [6.45, 7) is 4.53. The minimum atomic E-state index is -0.242. The monoisotopic (exact) mass is 374 g/mol. The van der Waals surface area contributed by atoms with Gasteiger partial charge in [0.05, 0.1) is 12.6 Å².